The average molecular weight is 294 g/mol. The molecule has 0 spiro atoms. The molecule has 0 fully saturated rings. The van der Waals surface area contributed by atoms with Crippen LogP contribution in [0.2, 0.25) is 0 Å². The van der Waals surface area contributed by atoms with E-state index in [1.165, 1.54) is 6.07 Å². The molecular weight excluding hydrogens is 284 g/mol. The molecule has 1 aromatic heterocycles. The van der Waals surface area contributed by atoms with Crippen molar-refractivity contribution < 1.29 is 8.42 Å². The Bertz CT molecular complexity index is 775. The number of aromatic nitrogens is 1. The zero-order valence-corrected chi connectivity index (χ0v) is 11.3. The molecule has 0 aliphatic carbocycles. The summed E-state index contributed by atoms with van der Waals surface area (Å²) >= 11 is 1.00. The molecule has 19 heavy (non-hydrogen) atoms. The zero-order chi connectivity index (χ0) is 13.3. The molecule has 0 saturated carbocycles. The van der Waals surface area contributed by atoms with Crippen molar-refractivity contribution in [2.45, 2.75) is 11.4 Å². The Hall–Kier alpha value is -1.77. The van der Waals surface area contributed by atoms with E-state index in [1.54, 1.807) is 24.5 Å². The molecule has 0 amide bonds. The number of nitrogens with zero attached hydrogens (tertiary/aromatic N) is 2. The van der Waals surface area contributed by atoms with E-state index < -0.39 is 10.0 Å². The fourth-order valence-corrected chi connectivity index (χ4v) is 3.50. The van der Waals surface area contributed by atoms with Gasteiger partial charge in [-0.15, -0.1) is 0 Å². The monoisotopic (exact) mass is 294 g/mol. The molecule has 0 radical (unpaired) electrons. The molecule has 6 nitrogen and oxygen atoms in total. The highest BCUT2D eigenvalue weighted by Crippen LogP contribution is 2.37. The van der Waals surface area contributed by atoms with Gasteiger partial charge in [0.2, 0.25) is 10.0 Å². The van der Waals surface area contributed by atoms with Crippen molar-refractivity contribution in [3.63, 3.8) is 0 Å². The summed E-state index contributed by atoms with van der Waals surface area (Å²) in [5.41, 5.74) is 1.87. The Balaban J connectivity index is 1.89. The Morgan fingerprint density at radius 2 is 2.16 bits per heavy atom. The van der Waals surface area contributed by atoms with Crippen LogP contribution < -0.4 is 4.72 Å². The second-order valence-corrected chi connectivity index (χ2v) is 6.20. The van der Waals surface area contributed by atoms with Gasteiger partial charge in [-0.25, -0.2) is 13.1 Å². The van der Waals surface area contributed by atoms with Crippen LogP contribution in [0.4, 0.5) is 11.4 Å². The summed E-state index contributed by atoms with van der Waals surface area (Å²) in [5.74, 6) is 0. The molecule has 1 aliphatic rings. The van der Waals surface area contributed by atoms with E-state index in [0.717, 1.165) is 16.9 Å². The van der Waals surface area contributed by atoms with E-state index in [-0.39, 0.29) is 11.4 Å². The molecule has 0 unspecified atom stereocenters. The Morgan fingerprint density at radius 3 is 2.95 bits per heavy atom. The van der Waals surface area contributed by atoms with Crippen LogP contribution in [0.15, 0.2) is 50.3 Å². The lowest BCUT2D eigenvalue weighted by Gasteiger charge is -2.07. The highest BCUT2D eigenvalue weighted by molar-refractivity contribution is 7.89. The van der Waals surface area contributed by atoms with Crippen LogP contribution in [-0.4, -0.2) is 13.4 Å². The van der Waals surface area contributed by atoms with Gasteiger partial charge in [-0.2, -0.15) is 8.73 Å². The number of aromatic amines is 1. The molecule has 0 bridgehead atoms. The highest BCUT2D eigenvalue weighted by Gasteiger charge is 2.21. The van der Waals surface area contributed by atoms with Crippen molar-refractivity contribution in [3.05, 3.63) is 42.2 Å². The summed E-state index contributed by atoms with van der Waals surface area (Å²) in [7, 11) is -3.59. The van der Waals surface area contributed by atoms with Crippen molar-refractivity contribution >= 4 is 32.8 Å². The maximum atomic E-state index is 12.3. The predicted octanol–water partition coefficient (Wildman–Crippen LogP) is 2.22. The predicted molar refractivity (Wildman–Crippen MR) is 72.8 cm³/mol. The van der Waals surface area contributed by atoms with E-state index >= 15 is 0 Å². The van der Waals surface area contributed by atoms with Crippen LogP contribution in [0.5, 0.6) is 0 Å². The van der Waals surface area contributed by atoms with Gasteiger partial charge in [0.15, 0.2) is 0 Å². The molecule has 2 heterocycles. The summed E-state index contributed by atoms with van der Waals surface area (Å²) in [4.78, 5) is 3.04. The third-order valence-corrected chi connectivity index (χ3v) is 4.64. The van der Waals surface area contributed by atoms with Gasteiger partial charge in [-0.1, -0.05) is 6.07 Å². The minimum Gasteiger partial charge on any atom is -0.367 e. The molecule has 2 aromatic rings. The number of sulfonamides is 1. The van der Waals surface area contributed by atoms with E-state index in [1.807, 2.05) is 6.07 Å². The van der Waals surface area contributed by atoms with E-state index in [2.05, 4.69) is 18.4 Å². The van der Waals surface area contributed by atoms with Gasteiger partial charge in [0.05, 0.1) is 11.4 Å². The first kappa shape index (κ1) is 12.3. The summed E-state index contributed by atoms with van der Waals surface area (Å²) in [6.07, 6.45) is 3.49. The number of benzene rings is 1. The van der Waals surface area contributed by atoms with Gasteiger partial charge in [-0.05, 0) is 23.8 Å². The second-order valence-electron chi connectivity index (χ2n) is 3.93. The molecule has 1 aliphatic heterocycles. The largest absolute Gasteiger partial charge is 0.367 e. The lowest BCUT2D eigenvalue weighted by Crippen LogP contribution is -2.23. The number of nitrogens with one attached hydrogen (secondary N) is 2. The topological polar surface area (TPSA) is 86.7 Å². The first-order valence-electron chi connectivity index (χ1n) is 5.49. The van der Waals surface area contributed by atoms with Crippen LogP contribution in [-0.2, 0) is 27.9 Å². The molecule has 3 rings (SSSR count). The molecule has 8 heteroatoms. The highest BCUT2D eigenvalue weighted by atomic mass is 32.2. The first-order valence-corrected chi connectivity index (χ1v) is 7.71. The number of fused-ring (bicyclic) bond motifs is 1. The fourth-order valence-electron chi connectivity index (χ4n) is 1.72. The van der Waals surface area contributed by atoms with Crippen LogP contribution in [0.25, 0.3) is 0 Å². The van der Waals surface area contributed by atoms with Crippen LogP contribution in [0, 0.1) is 0 Å². The van der Waals surface area contributed by atoms with Gasteiger partial charge in [0.1, 0.15) is 16.3 Å². The lowest BCUT2D eigenvalue weighted by atomic mass is 10.3. The van der Waals surface area contributed by atoms with Gasteiger partial charge >= 0.3 is 0 Å². The van der Waals surface area contributed by atoms with E-state index in [9.17, 15) is 8.42 Å². The Labute approximate surface area is 113 Å². The van der Waals surface area contributed by atoms with Crippen molar-refractivity contribution in [2.75, 3.05) is 0 Å². The fraction of sp³-hybridized carbons (Fsp3) is 0.0909. The van der Waals surface area contributed by atoms with Crippen molar-refractivity contribution in [3.8, 4) is 0 Å². The smallest absolute Gasteiger partial charge is 0.243 e. The van der Waals surface area contributed by atoms with Crippen LogP contribution >= 0.6 is 0 Å². The minimum atomic E-state index is -3.59. The van der Waals surface area contributed by atoms with E-state index in [4.69, 9.17) is 0 Å². The van der Waals surface area contributed by atoms with Crippen LogP contribution in [0.1, 0.15) is 5.56 Å². The standard InChI is InChI=1S/C11H10N4O2S2/c16-19(17,13-7-8-4-5-12-6-8)10-3-1-2-9-11(10)15-18-14-9/h1-6,12-13H,7H2. The van der Waals surface area contributed by atoms with E-state index in [0.29, 0.717) is 11.4 Å². The van der Waals surface area contributed by atoms with Gasteiger partial charge in [0.25, 0.3) is 0 Å². The summed E-state index contributed by atoms with van der Waals surface area (Å²) in [6, 6.07) is 6.75. The Kier molecular flexibility index (Phi) is 3.05. The summed E-state index contributed by atoms with van der Waals surface area (Å²) in [5, 5.41) is 0. The van der Waals surface area contributed by atoms with Gasteiger partial charge in [0, 0.05) is 18.9 Å². The molecule has 98 valence electrons. The van der Waals surface area contributed by atoms with Gasteiger partial charge < -0.3 is 4.98 Å². The van der Waals surface area contributed by atoms with Gasteiger partial charge in [-0.3, -0.25) is 0 Å². The molecule has 0 atom stereocenters. The molecule has 1 aromatic carbocycles. The molecular formula is C11H10N4O2S2. The average Bonchev–Trinajstić information content (AvgIpc) is 3.06. The SMILES string of the molecule is O=S(=O)(NCc1cc[nH]c1)c1cccc2c1N=S=N2. The van der Waals surface area contributed by atoms with Crippen molar-refractivity contribution in [2.24, 2.45) is 8.73 Å². The normalized spacial score (nSPS) is 13.3. The molecule has 2 N–H and O–H groups in total. The van der Waals surface area contributed by atoms with Crippen LogP contribution in [0.3, 0.4) is 0 Å². The van der Waals surface area contributed by atoms with Crippen molar-refractivity contribution in [1.29, 1.82) is 0 Å². The third-order valence-electron chi connectivity index (χ3n) is 2.67. The zero-order valence-electron chi connectivity index (χ0n) is 9.70. The summed E-state index contributed by atoms with van der Waals surface area (Å²) < 4.78 is 35.1. The number of hydrogen-bond acceptors (Lipinski definition) is 4. The summed E-state index contributed by atoms with van der Waals surface area (Å²) in [6.45, 7) is 0.236. The number of hydrogen-bond donors (Lipinski definition) is 2. The minimum absolute atomic E-state index is 0.161. The molecule has 0 saturated heterocycles. The number of rotatable bonds is 4. The van der Waals surface area contributed by atoms with Crippen molar-refractivity contribution in [1.82, 2.24) is 9.71 Å². The first-order chi connectivity index (χ1) is 9.17. The maximum Gasteiger partial charge on any atom is 0.243 e. The second kappa shape index (κ2) is 4.72. The lowest BCUT2D eigenvalue weighted by molar-refractivity contribution is 0.581. The quantitative estimate of drug-likeness (QED) is 0.773. The maximum absolute atomic E-state index is 12.3. The Morgan fingerprint density at radius 1 is 1.26 bits per heavy atom. The number of H-pyrrole nitrogens is 1. The third kappa shape index (κ3) is 2.37.